The molecule has 78 valence electrons. The van der Waals surface area contributed by atoms with E-state index in [1.165, 1.54) is 13.1 Å². The van der Waals surface area contributed by atoms with Gasteiger partial charge >= 0.3 is 25.0 Å². The molecule has 0 saturated carbocycles. The number of phenols is 1. The Kier molecular flexibility index (Phi) is 5.22. The van der Waals surface area contributed by atoms with Gasteiger partial charge in [-0.15, -0.1) is 6.54 Å². The van der Waals surface area contributed by atoms with E-state index in [0.29, 0.717) is 11.6 Å². The molecule has 0 aliphatic heterocycles. The number of rotatable bonds is 2. The summed E-state index contributed by atoms with van der Waals surface area (Å²) in [4.78, 5) is 0. The van der Waals surface area contributed by atoms with Crippen LogP contribution in [0.25, 0.3) is 5.32 Å². The van der Waals surface area contributed by atoms with Gasteiger partial charge in [0, 0.05) is 0 Å². The van der Waals surface area contributed by atoms with E-state index in [9.17, 15) is 13.2 Å². The third kappa shape index (κ3) is 4.16. The fourth-order valence-electron chi connectivity index (χ4n) is 1.11. The molecule has 0 bridgehead atoms. The average molecular weight is 211 g/mol. The van der Waals surface area contributed by atoms with Crippen LogP contribution in [0.1, 0.15) is 11.1 Å². The van der Waals surface area contributed by atoms with Gasteiger partial charge in [-0.1, -0.05) is 5.56 Å². The summed E-state index contributed by atoms with van der Waals surface area (Å²) >= 11 is 0. The van der Waals surface area contributed by atoms with Crippen molar-refractivity contribution in [2.24, 2.45) is 0 Å². The van der Waals surface area contributed by atoms with E-state index in [0.717, 1.165) is 6.07 Å². The van der Waals surface area contributed by atoms with Crippen molar-refractivity contribution in [3.05, 3.63) is 34.6 Å². The van der Waals surface area contributed by atoms with Gasteiger partial charge in [0.25, 0.3) is 0 Å². The molecule has 0 heterocycles. The Morgan fingerprint density at radius 2 is 1.87 bits per heavy atom. The third-order valence-electron chi connectivity index (χ3n) is 1.65. The van der Waals surface area contributed by atoms with E-state index in [1.807, 2.05) is 0 Å². The van der Waals surface area contributed by atoms with Crippen LogP contribution in [0.2, 0.25) is 0 Å². The molecule has 1 rings (SSSR count). The first-order valence-corrected chi connectivity index (χ1v) is 3.89. The van der Waals surface area contributed by atoms with Crippen LogP contribution in [0.15, 0.2) is 18.2 Å². The summed E-state index contributed by atoms with van der Waals surface area (Å²) in [5, 5.41) is 12.7. The summed E-state index contributed by atoms with van der Waals surface area (Å²) in [7, 11) is 1.50. The minimum atomic E-state index is -4.43. The Morgan fingerprint density at radius 1 is 1.27 bits per heavy atom. The number of alkyl halides is 3. The summed E-state index contributed by atoms with van der Waals surface area (Å²) in [5.41, 5.74) is -0.504. The van der Waals surface area contributed by atoms with Crippen molar-refractivity contribution in [3.63, 3.8) is 0 Å². The average Bonchev–Trinajstić information content (AvgIpc) is 2.02. The molecule has 2 nitrogen and oxygen atoms in total. The molecule has 0 aliphatic rings. The predicted octanol–water partition coefficient (Wildman–Crippen LogP) is -0.0815. The summed E-state index contributed by atoms with van der Waals surface area (Å²) in [6, 6.07) is 2.94. The van der Waals surface area contributed by atoms with Gasteiger partial charge in [-0.05, 0) is 18.2 Å². The van der Waals surface area contributed by atoms with E-state index in [1.54, 1.807) is 0 Å². The van der Waals surface area contributed by atoms with Gasteiger partial charge in [-0.3, -0.25) is 0 Å². The van der Waals surface area contributed by atoms with Crippen molar-refractivity contribution in [2.45, 2.75) is 12.7 Å². The molecule has 0 atom stereocenters. The first-order valence-electron chi connectivity index (χ1n) is 3.89. The summed E-state index contributed by atoms with van der Waals surface area (Å²) in [5.74, 6) is -0.390. The second-order valence-electron chi connectivity index (χ2n) is 2.86. The Bertz CT molecular complexity index is 328. The van der Waals surface area contributed by atoms with E-state index < -0.39 is 17.5 Å². The number of benzene rings is 1. The topological polar surface area (TPSA) is 34.3 Å². The largest absolute Gasteiger partial charge is 1.00 e. The molecule has 1 aromatic rings. The van der Waals surface area contributed by atoms with E-state index in [-0.39, 0.29) is 25.4 Å². The van der Waals surface area contributed by atoms with Gasteiger partial charge in [0.1, 0.15) is 5.75 Å². The van der Waals surface area contributed by atoms with Crippen LogP contribution in [-0.2, 0) is 12.7 Å². The summed E-state index contributed by atoms with van der Waals surface area (Å²) < 4.78 is 36.7. The van der Waals surface area contributed by atoms with Crippen molar-refractivity contribution >= 4 is 0 Å². The molecule has 15 heavy (non-hydrogen) atoms. The number of halogens is 3. The fourth-order valence-corrected chi connectivity index (χ4v) is 1.11. The number of hydrogen-bond acceptors (Lipinski definition) is 1. The second kappa shape index (κ2) is 5.45. The third-order valence-corrected chi connectivity index (χ3v) is 1.65. The molecule has 1 N–H and O–H groups in total. The maximum absolute atomic E-state index is 12.2. The molecule has 0 aromatic heterocycles. The molecule has 6 heteroatoms. The monoisotopic (exact) mass is 211 g/mol. The molecule has 0 radical (unpaired) electrons. The van der Waals surface area contributed by atoms with E-state index >= 15 is 0 Å². The number of phenolic OH excluding ortho intramolecular Hbond substituents is 1. The maximum atomic E-state index is 12.2. The van der Waals surface area contributed by atoms with Gasteiger partial charge in [0.15, 0.2) is 0 Å². The predicted molar refractivity (Wildman–Crippen MR) is 46.1 cm³/mol. The van der Waals surface area contributed by atoms with Crippen molar-refractivity contribution < 1.29 is 37.1 Å². The van der Waals surface area contributed by atoms with E-state index in [4.69, 9.17) is 5.11 Å². The zero-order valence-corrected chi connectivity index (χ0v) is 8.47. The maximum Gasteiger partial charge on any atom is 1.00 e. The van der Waals surface area contributed by atoms with Crippen LogP contribution in [0.4, 0.5) is 13.2 Å². The van der Waals surface area contributed by atoms with Gasteiger partial charge in [0.2, 0.25) is 0 Å². The Morgan fingerprint density at radius 3 is 2.33 bits per heavy atom. The molecule has 0 aliphatic carbocycles. The molecule has 1 aromatic carbocycles. The first kappa shape index (κ1) is 14.4. The van der Waals surface area contributed by atoms with Gasteiger partial charge in [0.05, 0.1) is 5.56 Å². The van der Waals surface area contributed by atoms with Crippen LogP contribution < -0.4 is 18.9 Å². The Balaban J connectivity index is 0.00000196. The zero-order chi connectivity index (χ0) is 10.8. The fraction of sp³-hybridized carbons (Fsp3) is 0.333. The van der Waals surface area contributed by atoms with E-state index in [2.05, 4.69) is 5.32 Å². The van der Waals surface area contributed by atoms with Crippen LogP contribution in [0.3, 0.4) is 0 Å². The van der Waals surface area contributed by atoms with Crippen molar-refractivity contribution in [2.75, 3.05) is 7.05 Å². The first-order chi connectivity index (χ1) is 6.43. The second-order valence-corrected chi connectivity index (χ2v) is 2.86. The minimum Gasteiger partial charge on any atom is -0.661 e. The van der Waals surface area contributed by atoms with Gasteiger partial charge in [-0.25, -0.2) is 0 Å². The SMILES string of the molecule is C[N-]Cc1cc(O)cc(C(F)(F)F)c1.[Li+]. The molecule has 0 saturated heterocycles. The number of hydrogen-bond donors (Lipinski definition) is 1. The molecule has 0 spiro atoms. The molecule has 0 amide bonds. The Hall–Kier alpha value is -0.633. The molecular weight excluding hydrogens is 202 g/mol. The van der Waals surface area contributed by atoms with Gasteiger partial charge < -0.3 is 10.4 Å². The minimum absolute atomic E-state index is 0. The van der Waals surface area contributed by atoms with Crippen LogP contribution >= 0.6 is 0 Å². The Labute approximate surface area is 97.7 Å². The quantitative estimate of drug-likeness (QED) is 0.682. The van der Waals surface area contributed by atoms with Crippen molar-refractivity contribution in [1.82, 2.24) is 0 Å². The van der Waals surface area contributed by atoms with Crippen LogP contribution in [-0.4, -0.2) is 12.2 Å². The van der Waals surface area contributed by atoms with Crippen LogP contribution in [0.5, 0.6) is 5.75 Å². The smallest absolute Gasteiger partial charge is 0.661 e. The summed E-state index contributed by atoms with van der Waals surface area (Å²) in [6.07, 6.45) is -4.43. The normalized spacial score (nSPS) is 10.9. The number of aromatic hydroxyl groups is 1. The molecular formula is C9H9F3LiNO. The summed E-state index contributed by atoms with van der Waals surface area (Å²) in [6.45, 7) is 0.164. The van der Waals surface area contributed by atoms with Gasteiger partial charge in [-0.2, -0.15) is 20.2 Å². The molecule has 0 fully saturated rings. The van der Waals surface area contributed by atoms with Crippen molar-refractivity contribution in [3.8, 4) is 5.75 Å². The molecule has 0 unspecified atom stereocenters. The van der Waals surface area contributed by atoms with Crippen LogP contribution in [0, 0.1) is 0 Å². The number of nitrogens with zero attached hydrogens (tertiary/aromatic N) is 1. The zero-order valence-electron chi connectivity index (χ0n) is 8.47. The van der Waals surface area contributed by atoms with Crippen molar-refractivity contribution in [1.29, 1.82) is 0 Å². The standard InChI is InChI=1S/C9H9F3NO.Li/c1-13-5-6-2-7(9(10,11)12)4-8(14)3-6;/h2-4,14H,5H2,1H3;/q-1;+1.